The molecule has 11 aromatic rings. The van der Waals surface area contributed by atoms with Crippen LogP contribution in [0.1, 0.15) is 62.1 Å². The van der Waals surface area contributed by atoms with Gasteiger partial charge >= 0.3 is 30.7 Å². The van der Waals surface area contributed by atoms with Crippen molar-refractivity contribution in [3.8, 4) is 45.2 Å². The van der Waals surface area contributed by atoms with Gasteiger partial charge in [-0.2, -0.15) is 52.7 Å². The summed E-state index contributed by atoms with van der Waals surface area (Å²) in [7, 11) is 0. The molecule has 0 amide bonds. The molecule has 0 fully saturated rings. The number of carbonyl (C=O) groups excluding carboxylic acids is 2. The molecule has 21 heteroatoms. The van der Waals surface area contributed by atoms with Gasteiger partial charge in [0.25, 0.3) is 11.1 Å². The van der Waals surface area contributed by atoms with Crippen LogP contribution in [-0.2, 0) is 48.8 Å². The number of benzene rings is 9. The first-order valence-corrected chi connectivity index (χ1v) is 27.0. The zero-order valence-corrected chi connectivity index (χ0v) is 45.4. The summed E-state index contributed by atoms with van der Waals surface area (Å²) in [5, 5.41) is -2.16. The molecule has 0 aliphatic carbocycles. The van der Waals surface area contributed by atoms with Crippen molar-refractivity contribution in [3.05, 3.63) is 235 Å². The number of rotatable bonds is 17. The molecule has 9 aromatic carbocycles. The molecule has 0 bridgehead atoms. The number of hydrogen-bond acceptors (Lipinski definition) is 8. The molecule has 9 nitrogen and oxygen atoms in total. The van der Waals surface area contributed by atoms with E-state index in [4.69, 9.17) is 18.6 Å². The summed E-state index contributed by atoms with van der Waals surface area (Å²) < 4.78 is 199. The average molecular weight is 1220 g/mol. The number of hydrogen-bond donors (Lipinski definition) is 0. The van der Waals surface area contributed by atoms with Gasteiger partial charge in [-0.25, -0.2) is 4.57 Å². The highest BCUT2D eigenvalue weighted by atomic mass is 19.4. The molecule has 0 saturated heterocycles. The molecule has 2 aromatic heterocycles. The van der Waals surface area contributed by atoms with Crippen LogP contribution in [-0.4, -0.2) is 30.0 Å². The van der Waals surface area contributed by atoms with Crippen molar-refractivity contribution in [3.63, 3.8) is 0 Å². The fourth-order valence-corrected chi connectivity index (χ4v) is 10.7. The predicted molar refractivity (Wildman–Crippen MR) is 304 cm³/mol. The minimum Gasteiger partial charge on any atom is -0.493 e. The fraction of sp³-hybridized carbons (Fsp3) is 0.164. The number of aldehydes is 1. The normalized spacial score (nSPS) is 12.4. The number of para-hydroxylation sites is 1. The third-order valence-corrected chi connectivity index (χ3v) is 14.8. The molecule has 0 saturated carbocycles. The van der Waals surface area contributed by atoms with E-state index in [9.17, 15) is 62.3 Å². The molecular weight excluding hydrogens is 1170 g/mol. The molecule has 0 unspecified atom stereocenters. The Bertz CT molecular complexity index is 4430. The number of carbonyl (C=O) groups is 2. The van der Waals surface area contributed by atoms with Crippen LogP contribution in [0.3, 0.4) is 0 Å². The number of halogens is 12. The number of esters is 1. The smallest absolute Gasteiger partial charge is 0.416 e. The second-order valence-corrected chi connectivity index (χ2v) is 20.7. The molecule has 0 atom stereocenters. The summed E-state index contributed by atoms with van der Waals surface area (Å²) in [6.45, 7) is 0.334. The minimum atomic E-state index is -5.40. The number of ether oxygens (including phenoxy) is 3. The van der Waals surface area contributed by atoms with Gasteiger partial charge < -0.3 is 18.6 Å². The number of nitrogens with zero attached hydrogens (tertiary/aromatic N) is 1. The molecule has 88 heavy (non-hydrogen) atoms. The van der Waals surface area contributed by atoms with Crippen molar-refractivity contribution < 1.29 is 80.9 Å². The van der Waals surface area contributed by atoms with Crippen molar-refractivity contribution in [1.82, 2.24) is 4.57 Å². The quantitative estimate of drug-likeness (QED) is 0.0168. The molecule has 0 spiro atoms. The standard InChI is InChI=1S/C67H43F12NO8/c68-64(69,70)42-26-40(27-43(30-42)65(71,72)73)49-34-51-59-52(35-50(61-60(59)58(49)48-17-7-8-18-54(48)88-61)41-28-44(66(74,75)76)31-45(29-41)67(77,78)79)63(84)80(62(51)83)46-21-19-39(20-22-46)25-57(82)87-47-32-55(85-23-9-15-37-11-3-1-4-12-37)53(36-81)56(33-47)86-24-10-16-38-13-5-2-6-14-38/h1-8,11-14,17-22,26-36H,9-10,15-16,23-25H2. The van der Waals surface area contributed by atoms with Gasteiger partial charge in [0.15, 0.2) is 6.29 Å². The number of fused-ring (bicyclic) bond motifs is 2. The lowest BCUT2D eigenvalue weighted by Crippen LogP contribution is -2.32. The lowest BCUT2D eigenvalue weighted by atomic mass is 9.86. The van der Waals surface area contributed by atoms with Crippen LogP contribution in [0.5, 0.6) is 17.2 Å². The zero-order chi connectivity index (χ0) is 62.5. The molecule has 0 aliphatic rings. The van der Waals surface area contributed by atoms with Gasteiger partial charge in [0.1, 0.15) is 28.4 Å². The molecular formula is C67H43F12NO8. The van der Waals surface area contributed by atoms with Gasteiger partial charge in [-0.3, -0.25) is 19.2 Å². The van der Waals surface area contributed by atoms with Crippen LogP contribution < -0.4 is 25.3 Å². The molecule has 448 valence electrons. The second-order valence-electron chi connectivity index (χ2n) is 20.7. The first kappa shape index (κ1) is 59.8. The van der Waals surface area contributed by atoms with E-state index in [1.807, 2.05) is 60.7 Å². The molecule has 11 rings (SSSR count). The van der Waals surface area contributed by atoms with Crippen molar-refractivity contribution in [1.29, 1.82) is 0 Å². The van der Waals surface area contributed by atoms with Crippen molar-refractivity contribution in [2.75, 3.05) is 13.2 Å². The van der Waals surface area contributed by atoms with E-state index >= 15 is 9.59 Å². The Morgan fingerprint density at radius 3 is 1.41 bits per heavy atom. The Morgan fingerprint density at radius 2 is 0.932 bits per heavy atom. The van der Waals surface area contributed by atoms with Crippen LogP contribution in [0.15, 0.2) is 184 Å². The van der Waals surface area contributed by atoms with Crippen molar-refractivity contribution in [2.45, 2.75) is 56.8 Å². The second kappa shape index (κ2) is 23.4. The maximum Gasteiger partial charge on any atom is 0.416 e. The van der Waals surface area contributed by atoms with E-state index in [0.29, 0.717) is 60.8 Å². The summed E-state index contributed by atoms with van der Waals surface area (Å²) in [6, 6.07) is 35.4. The van der Waals surface area contributed by atoms with E-state index in [1.54, 1.807) is 0 Å². The number of aromatic nitrogens is 1. The summed E-state index contributed by atoms with van der Waals surface area (Å²) in [6.07, 6.45) is -19.1. The Kier molecular flexibility index (Phi) is 15.9. The Hall–Kier alpha value is -9.92. The van der Waals surface area contributed by atoms with Crippen LogP contribution in [0.2, 0.25) is 0 Å². The number of pyridine rings is 1. The Morgan fingerprint density at radius 1 is 0.477 bits per heavy atom. The maximum absolute atomic E-state index is 15.1. The van der Waals surface area contributed by atoms with Crippen molar-refractivity contribution in [2.24, 2.45) is 0 Å². The summed E-state index contributed by atoms with van der Waals surface area (Å²) >= 11 is 0. The summed E-state index contributed by atoms with van der Waals surface area (Å²) in [5.41, 5.74) is -10.9. The van der Waals surface area contributed by atoms with Gasteiger partial charge in [-0.15, -0.1) is 0 Å². The lowest BCUT2D eigenvalue weighted by molar-refractivity contribution is -0.144. The van der Waals surface area contributed by atoms with E-state index in [-0.39, 0.29) is 81.2 Å². The van der Waals surface area contributed by atoms with E-state index < -0.39 is 114 Å². The highest BCUT2D eigenvalue weighted by Gasteiger charge is 2.40. The van der Waals surface area contributed by atoms with Crippen LogP contribution in [0, 0.1) is 0 Å². The molecule has 0 aliphatic heterocycles. The van der Waals surface area contributed by atoms with Crippen LogP contribution in [0.4, 0.5) is 52.7 Å². The van der Waals surface area contributed by atoms with Crippen LogP contribution >= 0.6 is 0 Å². The Labute approximate surface area is 489 Å². The van der Waals surface area contributed by atoms with E-state index in [0.717, 1.165) is 23.3 Å². The molecule has 0 radical (unpaired) electrons. The van der Waals surface area contributed by atoms with E-state index in [2.05, 4.69) is 0 Å². The Balaban J connectivity index is 1.02. The molecule has 2 heterocycles. The number of alkyl halides is 12. The van der Waals surface area contributed by atoms with Crippen LogP contribution in [0.25, 0.3) is 71.4 Å². The van der Waals surface area contributed by atoms with E-state index in [1.165, 1.54) is 60.7 Å². The van der Waals surface area contributed by atoms with Gasteiger partial charge in [0, 0.05) is 50.0 Å². The monoisotopic (exact) mass is 1220 g/mol. The lowest BCUT2D eigenvalue weighted by Gasteiger charge is -2.21. The first-order valence-electron chi connectivity index (χ1n) is 27.0. The summed E-state index contributed by atoms with van der Waals surface area (Å²) in [4.78, 5) is 56.5. The maximum atomic E-state index is 15.1. The average Bonchev–Trinajstić information content (AvgIpc) is 0.712. The zero-order valence-electron chi connectivity index (χ0n) is 45.4. The van der Waals surface area contributed by atoms with Gasteiger partial charge in [0.05, 0.1) is 53.1 Å². The van der Waals surface area contributed by atoms with Crippen molar-refractivity contribution >= 4 is 55.7 Å². The minimum absolute atomic E-state index is 0.0494. The molecule has 0 N–H and O–H groups in total. The fourth-order valence-electron chi connectivity index (χ4n) is 10.7. The van der Waals surface area contributed by atoms with Gasteiger partial charge in [-0.1, -0.05) is 91.0 Å². The number of aryl methyl sites for hydroxylation is 2. The topological polar surface area (TPSA) is 114 Å². The highest BCUT2D eigenvalue weighted by Crippen LogP contribution is 2.49. The third-order valence-electron chi connectivity index (χ3n) is 14.8. The SMILES string of the molecule is O=Cc1c(OCCCc2ccccc2)cc(OC(=O)Cc2ccc(-n3c(=O)c4cc(-c5cc(C(F)(F)F)cc(C(F)(F)F)c5)c5oc6ccccc6c6c(-c7cc(C(F)(F)F)cc(C(F)(F)F)c7)cc(c3=O)c4c56)cc2)cc1OCCCc1ccccc1. The third kappa shape index (κ3) is 12.3. The van der Waals surface area contributed by atoms with Gasteiger partial charge in [-0.05, 0) is 126 Å². The largest absolute Gasteiger partial charge is 0.493 e. The summed E-state index contributed by atoms with van der Waals surface area (Å²) in [5.74, 6) is -0.761. The highest BCUT2D eigenvalue weighted by molar-refractivity contribution is 6.32. The van der Waals surface area contributed by atoms with Gasteiger partial charge in [0.2, 0.25) is 0 Å². The predicted octanol–water partition coefficient (Wildman–Crippen LogP) is 17.2. The first-order chi connectivity index (χ1) is 41.8.